The summed E-state index contributed by atoms with van der Waals surface area (Å²) in [6.07, 6.45) is 0.839. The van der Waals surface area contributed by atoms with Crippen molar-refractivity contribution in [3.05, 3.63) is 48.4 Å². The maximum atomic E-state index is 15.5. The van der Waals surface area contributed by atoms with Crippen LogP contribution in [0.3, 0.4) is 0 Å². The average molecular weight is 521 g/mol. The van der Waals surface area contributed by atoms with Gasteiger partial charge in [-0.25, -0.2) is 19.3 Å². The maximum Gasteiger partial charge on any atom is 0.173 e. The van der Waals surface area contributed by atoms with E-state index in [2.05, 4.69) is 14.9 Å². The molecule has 6 heterocycles. The third-order valence-electron chi connectivity index (χ3n) is 7.76. The van der Waals surface area contributed by atoms with Crippen molar-refractivity contribution in [3.63, 3.8) is 0 Å². The first-order valence-corrected chi connectivity index (χ1v) is 13.1. The molecule has 1 unspecified atom stereocenters. The van der Waals surface area contributed by atoms with Gasteiger partial charge in [-0.15, -0.1) is 0 Å². The molecule has 0 spiro atoms. The number of aliphatic hydroxyl groups excluding tert-OH is 1. The zero-order valence-electron chi connectivity index (χ0n) is 20.7. The van der Waals surface area contributed by atoms with Crippen LogP contribution in [0.15, 0.2) is 42.9 Å². The van der Waals surface area contributed by atoms with Crippen molar-refractivity contribution in [2.45, 2.75) is 50.0 Å². The fourth-order valence-corrected chi connectivity index (χ4v) is 5.54. The largest absolute Gasteiger partial charge is 0.491 e. The Bertz CT molecular complexity index is 1490. The van der Waals surface area contributed by atoms with Crippen molar-refractivity contribution in [1.82, 2.24) is 19.5 Å². The van der Waals surface area contributed by atoms with E-state index in [0.717, 1.165) is 48.2 Å². The van der Waals surface area contributed by atoms with Gasteiger partial charge < -0.3 is 34.5 Å². The van der Waals surface area contributed by atoms with E-state index >= 15 is 4.39 Å². The van der Waals surface area contributed by atoms with Crippen molar-refractivity contribution in [2.75, 3.05) is 36.9 Å². The lowest BCUT2D eigenvalue weighted by Crippen LogP contribution is -2.37. The molecule has 0 saturated carbocycles. The molecule has 38 heavy (non-hydrogen) atoms. The molecular formula is C27H29FN6O4. The summed E-state index contributed by atoms with van der Waals surface area (Å²) >= 11 is 0. The first-order valence-electron chi connectivity index (χ1n) is 13.1. The third kappa shape index (κ3) is 3.93. The normalized spacial score (nSPS) is 27.3. The summed E-state index contributed by atoms with van der Waals surface area (Å²) in [5.41, 5.74) is 8.26. The van der Waals surface area contributed by atoms with Crippen molar-refractivity contribution in [1.29, 1.82) is 0 Å². The number of nitrogen functional groups attached to an aromatic ring is 1. The SMILES string of the molecule is Nc1ncnc2c1c(C1CCCO1)cn2[C@@H]1O[C@H](COc2ccc3ccc(N4CCC4)nc3c2)[C@@H](O)[C@@H]1F. The van der Waals surface area contributed by atoms with Crippen molar-refractivity contribution >= 4 is 33.6 Å². The Morgan fingerprint density at radius 3 is 2.82 bits per heavy atom. The van der Waals surface area contributed by atoms with Crippen LogP contribution in [-0.2, 0) is 9.47 Å². The minimum atomic E-state index is -1.69. The molecule has 7 rings (SSSR count). The lowest BCUT2D eigenvalue weighted by molar-refractivity contribution is -0.0412. The van der Waals surface area contributed by atoms with Crippen LogP contribution in [0.2, 0.25) is 0 Å². The van der Waals surface area contributed by atoms with Crippen LogP contribution >= 0.6 is 0 Å². The number of hydrogen-bond donors (Lipinski definition) is 2. The minimum Gasteiger partial charge on any atom is -0.491 e. The van der Waals surface area contributed by atoms with Crippen LogP contribution in [0, 0.1) is 0 Å². The van der Waals surface area contributed by atoms with Crippen LogP contribution in [-0.4, -0.2) is 69.3 Å². The molecule has 10 nitrogen and oxygen atoms in total. The van der Waals surface area contributed by atoms with E-state index in [1.165, 1.54) is 12.7 Å². The molecule has 3 fully saturated rings. The number of hydrogen-bond acceptors (Lipinski definition) is 9. The van der Waals surface area contributed by atoms with Gasteiger partial charge in [0.1, 0.15) is 48.2 Å². The van der Waals surface area contributed by atoms with Gasteiger partial charge in [-0.05, 0) is 43.5 Å². The van der Waals surface area contributed by atoms with Gasteiger partial charge in [0.25, 0.3) is 0 Å². The predicted molar refractivity (Wildman–Crippen MR) is 139 cm³/mol. The first-order chi connectivity index (χ1) is 18.6. The second-order valence-corrected chi connectivity index (χ2v) is 10.1. The zero-order valence-corrected chi connectivity index (χ0v) is 20.7. The van der Waals surface area contributed by atoms with Crippen LogP contribution in [0.1, 0.15) is 37.2 Å². The molecule has 11 heteroatoms. The van der Waals surface area contributed by atoms with Gasteiger partial charge in [-0.3, -0.25) is 0 Å². The molecule has 3 aromatic heterocycles. The lowest BCUT2D eigenvalue weighted by atomic mass is 10.1. The highest BCUT2D eigenvalue weighted by Gasteiger charge is 2.46. The molecule has 3 N–H and O–H groups in total. The Hall–Kier alpha value is -3.54. The van der Waals surface area contributed by atoms with E-state index in [-0.39, 0.29) is 12.7 Å². The number of ether oxygens (including phenoxy) is 3. The highest BCUT2D eigenvalue weighted by atomic mass is 19.1. The Labute approximate surface area is 218 Å². The van der Waals surface area contributed by atoms with Crippen molar-refractivity contribution in [3.8, 4) is 5.75 Å². The number of aromatic nitrogens is 4. The molecule has 4 aromatic rings. The summed E-state index contributed by atoms with van der Waals surface area (Å²) < 4.78 is 34.9. The summed E-state index contributed by atoms with van der Waals surface area (Å²) in [5, 5.41) is 12.4. The highest BCUT2D eigenvalue weighted by Crippen LogP contribution is 2.40. The summed E-state index contributed by atoms with van der Waals surface area (Å²) in [5.74, 6) is 1.83. The Kier molecular flexibility index (Phi) is 5.79. The van der Waals surface area contributed by atoms with E-state index in [0.29, 0.717) is 29.2 Å². The number of aliphatic hydroxyl groups is 1. The number of fused-ring (bicyclic) bond motifs is 2. The summed E-state index contributed by atoms with van der Waals surface area (Å²) in [4.78, 5) is 15.5. The number of alkyl halides is 1. The van der Waals surface area contributed by atoms with E-state index < -0.39 is 24.6 Å². The first kappa shape index (κ1) is 23.6. The molecule has 0 aliphatic carbocycles. The fourth-order valence-electron chi connectivity index (χ4n) is 5.54. The second-order valence-electron chi connectivity index (χ2n) is 10.1. The van der Waals surface area contributed by atoms with Crippen molar-refractivity contribution < 1.29 is 23.7 Å². The summed E-state index contributed by atoms with van der Waals surface area (Å²) in [6.45, 7) is 2.66. The number of nitrogens with zero attached hydrogens (tertiary/aromatic N) is 5. The van der Waals surface area contributed by atoms with Gasteiger partial charge in [0.05, 0.1) is 17.0 Å². The van der Waals surface area contributed by atoms with Gasteiger partial charge in [0.15, 0.2) is 12.4 Å². The van der Waals surface area contributed by atoms with Crippen molar-refractivity contribution in [2.24, 2.45) is 0 Å². The maximum absolute atomic E-state index is 15.5. The number of benzene rings is 1. The molecule has 1 aromatic carbocycles. The average Bonchev–Trinajstić information content (AvgIpc) is 3.61. The highest BCUT2D eigenvalue weighted by molar-refractivity contribution is 5.90. The van der Waals surface area contributed by atoms with Gasteiger partial charge in [-0.1, -0.05) is 0 Å². The minimum absolute atomic E-state index is 0.0235. The molecule has 3 aliphatic rings. The molecule has 5 atom stereocenters. The van der Waals surface area contributed by atoms with Gasteiger partial charge >= 0.3 is 0 Å². The number of pyridine rings is 1. The molecule has 0 amide bonds. The number of anilines is 2. The van der Waals surface area contributed by atoms with E-state index in [1.54, 1.807) is 10.8 Å². The number of rotatable bonds is 6. The van der Waals surface area contributed by atoms with Crippen LogP contribution < -0.4 is 15.4 Å². The van der Waals surface area contributed by atoms with Crippen LogP contribution in [0.25, 0.3) is 21.9 Å². The van der Waals surface area contributed by atoms with Gasteiger partial charge in [0.2, 0.25) is 0 Å². The fraction of sp³-hybridized carbons (Fsp3) is 0.444. The molecule has 198 valence electrons. The molecular weight excluding hydrogens is 491 g/mol. The third-order valence-corrected chi connectivity index (χ3v) is 7.76. The van der Waals surface area contributed by atoms with Crippen LogP contribution in [0.4, 0.5) is 16.0 Å². The summed E-state index contributed by atoms with van der Waals surface area (Å²) in [7, 11) is 0. The standard InChI is InChI=1S/C27H29FN6O4/c28-23-24(35)20(13-37-16-6-4-15-5-7-21(32-18(15)11-16)33-8-2-9-33)38-27(23)34-12-17(19-3-1-10-36-19)22-25(29)30-14-31-26(22)34/h4-7,11-12,14,19-20,23-24,27,35H,1-3,8-10,13H2,(H2,29,30,31)/t19?,20-,23+,24-,27-/m1/s1. The topological polar surface area (TPSA) is 121 Å². The molecule has 3 saturated heterocycles. The Morgan fingerprint density at radius 2 is 2.03 bits per heavy atom. The summed E-state index contributed by atoms with van der Waals surface area (Å²) in [6, 6.07) is 9.71. The lowest BCUT2D eigenvalue weighted by Gasteiger charge is -2.32. The molecule has 0 bridgehead atoms. The van der Waals surface area contributed by atoms with Gasteiger partial charge in [0, 0.05) is 42.9 Å². The van der Waals surface area contributed by atoms with E-state index in [9.17, 15) is 5.11 Å². The number of nitrogens with two attached hydrogens (primary N) is 1. The Balaban J connectivity index is 1.11. The predicted octanol–water partition coefficient (Wildman–Crippen LogP) is 3.30. The molecule has 3 aliphatic heterocycles. The quantitative estimate of drug-likeness (QED) is 0.394. The second kappa shape index (κ2) is 9.33. The smallest absolute Gasteiger partial charge is 0.173 e. The number of halogens is 1. The molecule has 0 radical (unpaired) electrons. The van der Waals surface area contributed by atoms with Gasteiger partial charge in [-0.2, -0.15) is 0 Å². The van der Waals surface area contributed by atoms with E-state index in [1.807, 2.05) is 30.3 Å². The van der Waals surface area contributed by atoms with E-state index in [4.69, 9.17) is 24.9 Å². The monoisotopic (exact) mass is 520 g/mol. The Morgan fingerprint density at radius 1 is 1.16 bits per heavy atom. The zero-order chi connectivity index (χ0) is 25.8. The van der Waals surface area contributed by atoms with Crippen LogP contribution in [0.5, 0.6) is 5.75 Å².